The molecular weight excluding hydrogens is 326 g/mol. The fraction of sp³-hybridized carbons (Fsp3) is 0.556. The van der Waals surface area contributed by atoms with E-state index in [0.717, 1.165) is 25.7 Å². The molecule has 0 aliphatic heterocycles. The van der Waals surface area contributed by atoms with Gasteiger partial charge >= 0.3 is 0 Å². The maximum absolute atomic E-state index is 12.5. The summed E-state index contributed by atoms with van der Waals surface area (Å²) in [6, 6.07) is 5.34. The molecule has 2 rings (SSSR count). The summed E-state index contributed by atoms with van der Waals surface area (Å²) in [7, 11) is 0. The fourth-order valence-electron chi connectivity index (χ4n) is 2.89. The zero-order valence-electron chi connectivity index (χ0n) is 14.3. The molecular formula is C18H26ClN3O2. The minimum absolute atomic E-state index is 0.0695. The van der Waals surface area contributed by atoms with Gasteiger partial charge in [-0.2, -0.15) is 0 Å². The van der Waals surface area contributed by atoms with Gasteiger partial charge in [-0.3, -0.25) is 9.59 Å². The molecule has 2 amide bonds. The van der Waals surface area contributed by atoms with E-state index >= 15 is 0 Å². The molecule has 0 heterocycles. The molecule has 0 aromatic heterocycles. The van der Waals surface area contributed by atoms with Crippen LogP contribution in [0.2, 0.25) is 5.02 Å². The molecule has 0 radical (unpaired) electrons. The molecule has 1 saturated carbocycles. The van der Waals surface area contributed by atoms with Gasteiger partial charge < -0.3 is 16.4 Å². The van der Waals surface area contributed by atoms with E-state index in [2.05, 4.69) is 10.6 Å². The summed E-state index contributed by atoms with van der Waals surface area (Å²) >= 11 is 6.16. The Balaban J connectivity index is 2.02. The van der Waals surface area contributed by atoms with Crippen molar-refractivity contribution in [3.05, 3.63) is 28.8 Å². The van der Waals surface area contributed by atoms with Gasteiger partial charge in [-0.15, -0.1) is 0 Å². The van der Waals surface area contributed by atoms with E-state index < -0.39 is 0 Å². The summed E-state index contributed by atoms with van der Waals surface area (Å²) in [6.07, 6.45) is 4.05. The van der Waals surface area contributed by atoms with Crippen LogP contribution in [0.4, 0.5) is 5.69 Å². The molecule has 132 valence electrons. The minimum atomic E-state index is -0.208. The van der Waals surface area contributed by atoms with Gasteiger partial charge in [0, 0.05) is 24.2 Å². The lowest BCUT2D eigenvalue weighted by atomic mass is 9.91. The highest BCUT2D eigenvalue weighted by molar-refractivity contribution is 6.34. The largest absolute Gasteiger partial charge is 0.349 e. The molecule has 24 heavy (non-hydrogen) atoms. The quantitative estimate of drug-likeness (QED) is 0.760. The molecule has 0 saturated heterocycles. The van der Waals surface area contributed by atoms with Crippen LogP contribution in [0.15, 0.2) is 18.2 Å². The van der Waals surface area contributed by atoms with Crippen LogP contribution in [0.3, 0.4) is 0 Å². The summed E-state index contributed by atoms with van der Waals surface area (Å²) in [4.78, 5) is 24.4. The van der Waals surface area contributed by atoms with Crippen LogP contribution in [-0.2, 0) is 4.79 Å². The van der Waals surface area contributed by atoms with Crippen molar-refractivity contribution in [1.29, 1.82) is 0 Å². The first-order chi connectivity index (χ1) is 11.3. The van der Waals surface area contributed by atoms with Crippen LogP contribution in [0.5, 0.6) is 0 Å². The summed E-state index contributed by atoms with van der Waals surface area (Å²) in [5.41, 5.74) is 6.86. The second kappa shape index (κ2) is 8.49. The predicted octanol–water partition coefficient (Wildman–Crippen LogP) is 3.32. The molecule has 1 fully saturated rings. The van der Waals surface area contributed by atoms with Crippen molar-refractivity contribution in [2.75, 3.05) is 5.32 Å². The average molecular weight is 352 g/mol. The molecule has 0 atom stereocenters. The van der Waals surface area contributed by atoms with Gasteiger partial charge in [-0.1, -0.05) is 25.4 Å². The Morgan fingerprint density at radius 3 is 2.54 bits per heavy atom. The van der Waals surface area contributed by atoms with E-state index in [-0.39, 0.29) is 29.8 Å². The Morgan fingerprint density at radius 1 is 1.25 bits per heavy atom. The molecule has 0 spiro atoms. The third-order valence-corrected chi connectivity index (χ3v) is 4.53. The number of rotatable bonds is 5. The summed E-state index contributed by atoms with van der Waals surface area (Å²) < 4.78 is 0. The topological polar surface area (TPSA) is 84.2 Å². The van der Waals surface area contributed by atoms with E-state index in [1.54, 1.807) is 18.2 Å². The number of amides is 2. The van der Waals surface area contributed by atoms with Crippen molar-refractivity contribution in [3.63, 3.8) is 0 Å². The number of carbonyl (C=O) groups is 2. The molecule has 4 N–H and O–H groups in total. The highest BCUT2D eigenvalue weighted by Gasteiger charge is 2.21. The van der Waals surface area contributed by atoms with Crippen LogP contribution < -0.4 is 16.4 Å². The van der Waals surface area contributed by atoms with Gasteiger partial charge in [0.1, 0.15) is 0 Å². The third kappa shape index (κ3) is 5.49. The maximum Gasteiger partial charge on any atom is 0.253 e. The van der Waals surface area contributed by atoms with Crippen LogP contribution >= 0.6 is 11.6 Å². The van der Waals surface area contributed by atoms with Crippen molar-refractivity contribution in [1.82, 2.24) is 5.32 Å². The fourth-order valence-corrected chi connectivity index (χ4v) is 3.09. The molecule has 1 aromatic carbocycles. The first kappa shape index (κ1) is 18.7. The first-order valence-corrected chi connectivity index (χ1v) is 8.88. The number of nitrogens with two attached hydrogens (primary N) is 1. The Kier molecular flexibility index (Phi) is 6.63. The van der Waals surface area contributed by atoms with E-state index in [1.165, 1.54) is 0 Å². The standard InChI is InChI=1S/C18H26ClN3O2/c1-11(2)9-17(23)21-14-7-8-16(19)15(10-14)18(24)22-13-5-3-12(20)4-6-13/h7-8,10-13H,3-6,9,20H2,1-2H3,(H,21,23)(H,22,24). The zero-order valence-corrected chi connectivity index (χ0v) is 15.0. The predicted molar refractivity (Wildman–Crippen MR) is 97.2 cm³/mol. The van der Waals surface area contributed by atoms with Crippen LogP contribution in [0.25, 0.3) is 0 Å². The first-order valence-electron chi connectivity index (χ1n) is 8.51. The highest BCUT2D eigenvalue weighted by atomic mass is 35.5. The second-order valence-electron chi connectivity index (χ2n) is 6.93. The van der Waals surface area contributed by atoms with E-state index in [0.29, 0.717) is 22.7 Å². The number of halogens is 1. The van der Waals surface area contributed by atoms with Crippen molar-refractivity contribution in [2.24, 2.45) is 11.7 Å². The molecule has 0 bridgehead atoms. The number of hydrogen-bond acceptors (Lipinski definition) is 3. The van der Waals surface area contributed by atoms with Crippen LogP contribution in [-0.4, -0.2) is 23.9 Å². The number of carbonyl (C=O) groups excluding carboxylic acids is 2. The number of nitrogens with one attached hydrogen (secondary N) is 2. The summed E-state index contributed by atoms with van der Waals surface area (Å²) in [5.74, 6) is -0.00174. The summed E-state index contributed by atoms with van der Waals surface area (Å²) in [5, 5.41) is 6.21. The van der Waals surface area contributed by atoms with Crippen LogP contribution in [0.1, 0.15) is 56.3 Å². The van der Waals surface area contributed by atoms with Crippen molar-refractivity contribution in [3.8, 4) is 0 Å². The lowest BCUT2D eigenvalue weighted by Gasteiger charge is -2.27. The van der Waals surface area contributed by atoms with Gasteiger partial charge in [0.25, 0.3) is 5.91 Å². The Bertz CT molecular complexity index is 596. The SMILES string of the molecule is CC(C)CC(=O)Nc1ccc(Cl)c(C(=O)NC2CCC(N)CC2)c1. The lowest BCUT2D eigenvalue weighted by Crippen LogP contribution is -2.40. The van der Waals surface area contributed by atoms with Crippen molar-refractivity contribution in [2.45, 2.75) is 58.0 Å². The monoisotopic (exact) mass is 351 g/mol. The summed E-state index contributed by atoms with van der Waals surface area (Å²) in [6.45, 7) is 3.97. The van der Waals surface area contributed by atoms with Crippen molar-refractivity contribution < 1.29 is 9.59 Å². The Hall–Kier alpha value is -1.59. The molecule has 1 aromatic rings. The van der Waals surface area contributed by atoms with E-state index in [9.17, 15) is 9.59 Å². The second-order valence-corrected chi connectivity index (χ2v) is 7.33. The van der Waals surface area contributed by atoms with Gasteiger partial charge in [-0.25, -0.2) is 0 Å². The number of benzene rings is 1. The highest BCUT2D eigenvalue weighted by Crippen LogP contribution is 2.23. The Morgan fingerprint density at radius 2 is 1.92 bits per heavy atom. The lowest BCUT2D eigenvalue weighted by molar-refractivity contribution is -0.116. The smallest absolute Gasteiger partial charge is 0.253 e. The van der Waals surface area contributed by atoms with Crippen LogP contribution in [0, 0.1) is 5.92 Å². The molecule has 6 heteroatoms. The molecule has 5 nitrogen and oxygen atoms in total. The molecule has 1 aliphatic rings. The molecule has 1 aliphatic carbocycles. The molecule has 0 unspecified atom stereocenters. The van der Waals surface area contributed by atoms with E-state index in [4.69, 9.17) is 17.3 Å². The maximum atomic E-state index is 12.5. The number of anilines is 1. The van der Waals surface area contributed by atoms with Gasteiger partial charge in [0.2, 0.25) is 5.91 Å². The van der Waals surface area contributed by atoms with Gasteiger partial charge in [0.15, 0.2) is 0 Å². The van der Waals surface area contributed by atoms with E-state index in [1.807, 2.05) is 13.8 Å². The van der Waals surface area contributed by atoms with Crippen molar-refractivity contribution >= 4 is 29.1 Å². The van der Waals surface area contributed by atoms with Gasteiger partial charge in [-0.05, 0) is 49.8 Å². The average Bonchev–Trinajstić information content (AvgIpc) is 2.50. The minimum Gasteiger partial charge on any atom is -0.349 e. The third-order valence-electron chi connectivity index (χ3n) is 4.20. The zero-order chi connectivity index (χ0) is 17.7. The number of hydrogen-bond donors (Lipinski definition) is 3. The Labute approximate surface area is 148 Å². The van der Waals surface area contributed by atoms with Gasteiger partial charge in [0.05, 0.1) is 10.6 Å². The normalized spacial score (nSPS) is 20.7.